The Hall–Kier alpha value is -5.69. The van der Waals surface area contributed by atoms with Crippen molar-refractivity contribution in [3.05, 3.63) is 108 Å². The molecule has 0 saturated heterocycles. The topological polar surface area (TPSA) is 141 Å². The molecule has 0 bridgehead atoms. The van der Waals surface area contributed by atoms with Gasteiger partial charge in [0.25, 0.3) is 5.91 Å². The summed E-state index contributed by atoms with van der Waals surface area (Å²) < 4.78 is 8.25. The maximum Gasteiger partial charge on any atom is 0.338 e. The van der Waals surface area contributed by atoms with Crippen molar-refractivity contribution < 1.29 is 14.3 Å². The van der Waals surface area contributed by atoms with E-state index in [-0.39, 0.29) is 16.9 Å². The number of para-hydroxylation sites is 1. The van der Waals surface area contributed by atoms with Crippen molar-refractivity contribution in [2.24, 2.45) is 0 Å². The molecule has 5 rings (SSSR count). The van der Waals surface area contributed by atoms with Crippen LogP contribution in [-0.4, -0.2) is 38.0 Å². The van der Waals surface area contributed by atoms with Gasteiger partial charge in [-0.3, -0.25) is 4.79 Å². The van der Waals surface area contributed by atoms with Gasteiger partial charge in [-0.25, -0.2) is 14.2 Å². The van der Waals surface area contributed by atoms with E-state index in [1.807, 2.05) is 67.6 Å². The van der Waals surface area contributed by atoms with Crippen LogP contribution in [0, 0.1) is 18.3 Å². The first kappa shape index (κ1) is 25.0. The Morgan fingerprint density at radius 2 is 1.67 bits per heavy atom. The number of nitrogens with one attached hydrogen (secondary N) is 1. The molecule has 0 saturated carbocycles. The summed E-state index contributed by atoms with van der Waals surface area (Å²) in [4.78, 5) is 25.3. The summed E-state index contributed by atoms with van der Waals surface area (Å²) in [7, 11) is 0. The molecule has 192 valence electrons. The molecule has 0 atom stereocenters. The van der Waals surface area contributed by atoms with Crippen molar-refractivity contribution in [3.63, 3.8) is 0 Å². The minimum atomic E-state index is -0.667. The molecule has 0 aliphatic heterocycles. The molecule has 3 aromatic carbocycles. The second kappa shape index (κ2) is 10.7. The largest absolute Gasteiger partial charge is 0.452 e. The summed E-state index contributed by atoms with van der Waals surface area (Å²) in [5.41, 5.74) is 10.5. The van der Waals surface area contributed by atoms with Gasteiger partial charge in [-0.2, -0.15) is 15.5 Å². The number of nitrogens with two attached hydrogens (primary N) is 1. The molecule has 2 heterocycles. The number of ether oxygens (including phenoxy) is 1. The van der Waals surface area contributed by atoms with E-state index in [1.165, 1.54) is 23.0 Å². The number of aryl methyl sites for hydroxylation is 1. The van der Waals surface area contributed by atoms with Crippen LogP contribution in [0.5, 0.6) is 0 Å². The van der Waals surface area contributed by atoms with Gasteiger partial charge in [0.1, 0.15) is 23.3 Å². The number of anilines is 2. The predicted octanol–water partition coefficient (Wildman–Crippen LogP) is 4.28. The van der Waals surface area contributed by atoms with E-state index in [2.05, 4.69) is 15.5 Å². The van der Waals surface area contributed by atoms with Crippen LogP contribution in [0.2, 0.25) is 0 Å². The van der Waals surface area contributed by atoms with Gasteiger partial charge in [-0.05, 0) is 43.3 Å². The zero-order valence-corrected chi connectivity index (χ0v) is 20.9. The van der Waals surface area contributed by atoms with E-state index in [4.69, 9.17) is 15.7 Å². The second-order valence-electron chi connectivity index (χ2n) is 8.67. The number of rotatable bonds is 7. The number of benzene rings is 3. The molecule has 10 heteroatoms. The van der Waals surface area contributed by atoms with Crippen LogP contribution >= 0.6 is 0 Å². The van der Waals surface area contributed by atoms with Gasteiger partial charge in [-0.1, -0.05) is 48.0 Å². The highest BCUT2D eigenvalue weighted by Crippen LogP contribution is 2.25. The number of aromatic nitrogens is 4. The lowest BCUT2D eigenvalue weighted by atomic mass is 10.1. The highest BCUT2D eigenvalue weighted by molar-refractivity contribution is 5.95. The Morgan fingerprint density at radius 3 is 2.33 bits per heavy atom. The van der Waals surface area contributed by atoms with E-state index < -0.39 is 18.5 Å². The third-order valence-electron chi connectivity index (χ3n) is 5.93. The molecule has 0 aliphatic rings. The van der Waals surface area contributed by atoms with Crippen molar-refractivity contribution in [2.75, 3.05) is 17.7 Å². The predicted molar refractivity (Wildman–Crippen MR) is 145 cm³/mol. The van der Waals surface area contributed by atoms with Gasteiger partial charge in [0.15, 0.2) is 6.61 Å². The van der Waals surface area contributed by atoms with E-state index in [0.29, 0.717) is 17.2 Å². The second-order valence-corrected chi connectivity index (χ2v) is 8.67. The molecule has 2 aromatic heterocycles. The third-order valence-corrected chi connectivity index (χ3v) is 5.93. The normalized spacial score (nSPS) is 10.6. The van der Waals surface area contributed by atoms with E-state index in [1.54, 1.807) is 22.9 Å². The zero-order chi connectivity index (χ0) is 27.4. The van der Waals surface area contributed by atoms with Crippen LogP contribution in [0.25, 0.3) is 22.6 Å². The maximum atomic E-state index is 12.7. The number of hydrogen-bond donors (Lipinski definition) is 2. The number of nitrogen functional groups attached to an aromatic ring is 1. The first-order valence-electron chi connectivity index (χ1n) is 12.0. The van der Waals surface area contributed by atoms with Crippen molar-refractivity contribution in [2.45, 2.75) is 6.92 Å². The summed E-state index contributed by atoms with van der Waals surface area (Å²) in [6.45, 7) is 1.52. The number of carbonyl (C=O) groups is 2. The van der Waals surface area contributed by atoms with E-state index in [0.717, 1.165) is 16.8 Å². The van der Waals surface area contributed by atoms with Gasteiger partial charge in [0, 0.05) is 11.6 Å². The maximum absolute atomic E-state index is 12.7. The summed E-state index contributed by atoms with van der Waals surface area (Å²) in [5, 5.41) is 20.6. The number of nitrogens with zero attached hydrogens (tertiary/aromatic N) is 5. The fourth-order valence-electron chi connectivity index (χ4n) is 3.88. The minimum absolute atomic E-state index is 0.199. The van der Waals surface area contributed by atoms with Crippen LogP contribution in [0.3, 0.4) is 0 Å². The van der Waals surface area contributed by atoms with Crippen molar-refractivity contribution in [3.8, 4) is 28.7 Å². The molecule has 10 nitrogen and oxygen atoms in total. The SMILES string of the molecule is Cc1ccc(-c2cc(NC(=O)COC(=O)c3ccc(-n4ncc(C#N)c4N)cc3)n(-c3ccccc3)n2)cc1. The monoisotopic (exact) mass is 517 g/mol. The van der Waals surface area contributed by atoms with Gasteiger partial charge < -0.3 is 15.8 Å². The quantitative estimate of drug-likeness (QED) is 0.307. The first-order chi connectivity index (χ1) is 18.9. The molecule has 0 radical (unpaired) electrons. The van der Waals surface area contributed by atoms with Crippen molar-refractivity contribution in [1.82, 2.24) is 19.6 Å². The van der Waals surface area contributed by atoms with Crippen LogP contribution in [0.15, 0.2) is 91.1 Å². The lowest BCUT2D eigenvalue weighted by molar-refractivity contribution is -0.119. The Labute approximate surface area is 223 Å². The average Bonchev–Trinajstić information content (AvgIpc) is 3.55. The molecule has 0 aliphatic carbocycles. The number of hydrogen-bond acceptors (Lipinski definition) is 7. The lowest BCUT2D eigenvalue weighted by Crippen LogP contribution is -2.22. The van der Waals surface area contributed by atoms with Gasteiger partial charge in [0.2, 0.25) is 0 Å². The molecule has 39 heavy (non-hydrogen) atoms. The summed E-state index contributed by atoms with van der Waals surface area (Å²) in [6, 6.07) is 27.4. The van der Waals surface area contributed by atoms with Crippen LogP contribution < -0.4 is 11.1 Å². The molecule has 1 amide bonds. The third kappa shape index (κ3) is 5.38. The number of amides is 1. The minimum Gasteiger partial charge on any atom is -0.452 e. The molecular formula is C29H23N7O3. The van der Waals surface area contributed by atoms with Crippen LogP contribution in [0.1, 0.15) is 21.5 Å². The Balaban J connectivity index is 1.27. The standard InChI is InChI=1S/C29H23N7O3/c1-19-7-9-20(10-8-19)25-15-26(35(34-25)23-5-3-2-4-6-23)33-27(37)18-39-29(38)21-11-13-24(14-12-21)36-28(31)22(16-30)17-32-36/h2-15,17H,18,31H2,1H3,(H,33,37). The molecular weight excluding hydrogens is 494 g/mol. The van der Waals surface area contributed by atoms with Crippen molar-refractivity contribution >= 4 is 23.5 Å². The van der Waals surface area contributed by atoms with Crippen molar-refractivity contribution in [1.29, 1.82) is 5.26 Å². The Bertz CT molecular complexity index is 1680. The van der Waals surface area contributed by atoms with E-state index in [9.17, 15) is 9.59 Å². The molecule has 3 N–H and O–H groups in total. The molecule has 0 unspecified atom stereocenters. The summed E-state index contributed by atoms with van der Waals surface area (Å²) in [6.07, 6.45) is 1.36. The molecule has 0 fully saturated rings. The highest BCUT2D eigenvalue weighted by atomic mass is 16.5. The number of esters is 1. The fraction of sp³-hybridized carbons (Fsp3) is 0.0690. The highest BCUT2D eigenvalue weighted by Gasteiger charge is 2.16. The number of carbonyl (C=O) groups excluding carboxylic acids is 2. The lowest BCUT2D eigenvalue weighted by Gasteiger charge is -2.10. The molecule has 5 aromatic rings. The average molecular weight is 518 g/mol. The smallest absolute Gasteiger partial charge is 0.338 e. The number of nitriles is 1. The van der Waals surface area contributed by atoms with Gasteiger partial charge in [-0.15, -0.1) is 0 Å². The van der Waals surface area contributed by atoms with Crippen LogP contribution in [-0.2, 0) is 9.53 Å². The van der Waals surface area contributed by atoms with Gasteiger partial charge in [0.05, 0.1) is 28.8 Å². The Morgan fingerprint density at radius 1 is 0.974 bits per heavy atom. The fourth-order valence-corrected chi connectivity index (χ4v) is 3.88. The van der Waals surface area contributed by atoms with E-state index >= 15 is 0 Å². The first-order valence-corrected chi connectivity index (χ1v) is 12.0. The molecule has 0 spiro atoms. The zero-order valence-electron chi connectivity index (χ0n) is 20.9. The Kier molecular flexibility index (Phi) is 6.88. The van der Waals surface area contributed by atoms with Gasteiger partial charge >= 0.3 is 5.97 Å². The summed E-state index contributed by atoms with van der Waals surface area (Å²) in [5.74, 6) is -0.541. The van der Waals surface area contributed by atoms with Crippen LogP contribution in [0.4, 0.5) is 11.6 Å². The summed E-state index contributed by atoms with van der Waals surface area (Å²) >= 11 is 0.